The Morgan fingerprint density at radius 1 is 1.44 bits per heavy atom. The first kappa shape index (κ1) is 12.4. The molecule has 1 aromatic carbocycles. The van der Waals surface area contributed by atoms with Crippen LogP contribution in [0.4, 0.5) is 10.5 Å². The third kappa shape index (κ3) is 2.98. The monoisotopic (exact) mass is 248 g/mol. The Labute approximate surface area is 105 Å². The van der Waals surface area contributed by atoms with Gasteiger partial charge in [0.2, 0.25) is 0 Å². The van der Waals surface area contributed by atoms with Crippen LogP contribution in [0.25, 0.3) is 0 Å². The van der Waals surface area contributed by atoms with Crippen LogP contribution in [0.15, 0.2) is 24.3 Å². The van der Waals surface area contributed by atoms with Gasteiger partial charge in [-0.25, -0.2) is 4.79 Å². The number of rotatable bonds is 3. The number of hydrogen-bond acceptors (Lipinski definition) is 3. The lowest BCUT2D eigenvalue weighted by Crippen LogP contribution is -2.38. The molecule has 2 rings (SSSR count). The highest BCUT2D eigenvalue weighted by Crippen LogP contribution is 2.14. The van der Waals surface area contributed by atoms with Gasteiger partial charge in [-0.05, 0) is 18.6 Å². The highest BCUT2D eigenvalue weighted by atomic mass is 16.5. The van der Waals surface area contributed by atoms with E-state index in [1.54, 1.807) is 24.3 Å². The summed E-state index contributed by atoms with van der Waals surface area (Å²) in [6.07, 6.45) is 0.821. The number of nitrogens with two attached hydrogens (primary N) is 1. The van der Waals surface area contributed by atoms with Crippen molar-refractivity contribution in [2.24, 2.45) is 5.73 Å². The number of ether oxygens (including phenoxy) is 1. The zero-order chi connectivity index (χ0) is 13.0. The number of carbonyl (C=O) groups is 1. The van der Waals surface area contributed by atoms with Gasteiger partial charge in [-0.3, -0.25) is 5.41 Å². The Morgan fingerprint density at radius 3 is 2.89 bits per heavy atom. The van der Waals surface area contributed by atoms with E-state index in [2.05, 4.69) is 10.6 Å². The fourth-order valence-corrected chi connectivity index (χ4v) is 1.82. The smallest absolute Gasteiger partial charge is 0.319 e. The highest BCUT2D eigenvalue weighted by molar-refractivity contribution is 6.03. The molecule has 6 heteroatoms. The number of benzene rings is 1. The molecule has 1 saturated heterocycles. The van der Waals surface area contributed by atoms with Crippen LogP contribution in [0.2, 0.25) is 0 Å². The summed E-state index contributed by atoms with van der Waals surface area (Å²) in [4.78, 5) is 11.8. The average Bonchev–Trinajstić information content (AvgIpc) is 2.82. The minimum absolute atomic E-state index is 0.0505. The van der Waals surface area contributed by atoms with Gasteiger partial charge in [0.05, 0.1) is 18.3 Å². The number of para-hydroxylation sites is 1. The van der Waals surface area contributed by atoms with Gasteiger partial charge in [-0.15, -0.1) is 0 Å². The third-order valence-electron chi connectivity index (χ3n) is 2.73. The molecule has 96 valence electrons. The van der Waals surface area contributed by atoms with E-state index in [0.717, 1.165) is 6.42 Å². The van der Waals surface area contributed by atoms with Crippen molar-refractivity contribution in [3.63, 3.8) is 0 Å². The molecule has 0 radical (unpaired) electrons. The maximum absolute atomic E-state index is 11.8. The summed E-state index contributed by atoms with van der Waals surface area (Å²) in [5.74, 6) is -0.0740. The van der Waals surface area contributed by atoms with E-state index in [9.17, 15) is 4.79 Å². The van der Waals surface area contributed by atoms with Gasteiger partial charge in [0.1, 0.15) is 5.84 Å². The van der Waals surface area contributed by atoms with E-state index in [1.807, 2.05) is 0 Å². The summed E-state index contributed by atoms with van der Waals surface area (Å²) in [5.41, 5.74) is 6.48. The van der Waals surface area contributed by atoms with Crippen molar-refractivity contribution in [1.82, 2.24) is 5.32 Å². The molecule has 0 aromatic heterocycles. The van der Waals surface area contributed by atoms with Crippen molar-refractivity contribution in [2.75, 3.05) is 18.5 Å². The first-order valence-corrected chi connectivity index (χ1v) is 5.75. The third-order valence-corrected chi connectivity index (χ3v) is 2.73. The van der Waals surface area contributed by atoms with Gasteiger partial charge in [0.25, 0.3) is 0 Å². The predicted octanol–water partition coefficient (Wildman–Crippen LogP) is 0.881. The van der Waals surface area contributed by atoms with Gasteiger partial charge in [0.15, 0.2) is 0 Å². The number of amides is 2. The zero-order valence-corrected chi connectivity index (χ0v) is 9.90. The number of carbonyl (C=O) groups excluding carboxylic acids is 1. The van der Waals surface area contributed by atoms with Crippen LogP contribution >= 0.6 is 0 Å². The Kier molecular flexibility index (Phi) is 3.78. The number of anilines is 1. The molecule has 18 heavy (non-hydrogen) atoms. The molecular formula is C12H16N4O2. The summed E-state index contributed by atoms with van der Waals surface area (Å²) < 4.78 is 5.17. The summed E-state index contributed by atoms with van der Waals surface area (Å²) in [6, 6.07) is 6.69. The molecule has 1 unspecified atom stereocenters. The first-order chi connectivity index (χ1) is 8.66. The van der Waals surface area contributed by atoms with Crippen molar-refractivity contribution < 1.29 is 9.53 Å². The molecule has 5 N–H and O–H groups in total. The maximum atomic E-state index is 11.8. The fourth-order valence-electron chi connectivity index (χ4n) is 1.82. The van der Waals surface area contributed by atoms with Gasteiger partial charge in [-0.2, -0.15) is 0 Å². The lowest BCUT2D eigenvalue weighted by molar-refractivity contribution is 0.189. The van der Waals surface area contributed by atoms with Crippen LogP contribution in [-0.4, -0.2) is 31.1 Å². The van der Waals surface area contributed by atoms with Crippen LogP contribution in [0, 0.1) is 5.41 Å². The van der Waals surface area contributed by atoms with Gasteiger partial charge in [0, 0.05) is 12.2 Å². The quantitative estimate of drug-likeness (QED) is 0.472. The minimum Gasteiger partial charge on any atom is -0.384 e. The predicted molar refractivity (Wildman–Crippen MR) is 68.8 cm³/mol. The number of nitrogen functional groups attached to an aromatic ring is 1. The van der Waals surface area contributed by atoms with Crippen LogP contribution in [0.3, 0.4) is 0 Å². The Hall–Kier alpha value is -2.08. The summed E-state index contributed by atoms with van der Waals surface area (Å²) in [6.45, 7) is 1.22. The molecule has 6 nitrogen and oxygen atoms in total. The van der Waals surface area contributed by atoms with Crippen LogP contribution in [0.1, 0.15) is 12.0 Å². The summed E-state index contributed by atoms with van der Waals surface area (Å²) in [5, 5.41) is 12.9. The van der Waals surface area contributed by atoms with Crippen molar-refractivity contribution in [3.05, 3.63) is 29.8 Å². The standard InChI is InChI=1S/C12H16N4O2/c13-11(14)9-3-1-2-4-10(9)16-12(17)15-8-5-6-18-7-8/h1-4,8H,5-7H2,(H3,13,14)(H2,15,16,17). The van der Waals surface area contributed by atoms with Gasteiger partial charge >= 0.3 is 6.03 Å². The molecule has 1 aliphatic heterocycles. The van der Waals surface area contributed by atoms with Crippen molar-refractivity contribution in [3.8, 4) is 0 Å². The van der Waals surface area contributed by atoms with Crippen LogP contribution in [-0.2, 0) is 4.74 Å². The first-order valence-electron chi connectivity index (χ1n) is 5.75. The highest BCUT2D eigenvalue weighted by Gasteiger charge is 2.18. The lowest BCUT2D eigenvalue weighted by Gasteiger charge is -2.13. The molecular weight excluding hydrogens is 232 g/mol. The van der Waals surface area contributed by atoms with Gasteiger partial charge in [-0.1, -0.05) is 12.1 Å². The van der Waals surface area contributed by atoms with Crippen molar-refractivity contribution in [2.45, 2.75) is 12.5 Å². The largest absolute Gasteiger partial charge is 0.384 e. The second-order valence-corrected chi connectivity index (χ2v) is 4.12. The SMILES string of the molecule is N=C(N)c1ccccc1NC(=O)NC1CCOC1. The second kappa shape index (κ2) is 5.50. The second-order valence-electron chi connectivity index (χ2n) is 4.12. The van der Waals surface area contributed by atoms with Gasteiger partial charge < -0.3 is 21.1 Å². The maximum Gasteiger partial charge on any atom is 0.319 e. The average molecular weight is 248 g/mol. The van der Waals surface area contributed by atoms with E-state index < -0.39 is 0 Å². The molecule has 0 saturated carbocycles. The zero-order valence-electron chi connectivity index (χ0n) is 9.90. The molecule has 1 aliphatic rings. The minimum atomic E-state index is -0.306. The summed E-state index contributed by atoms with van der Waals surface area (Å²) >= 11 is 0. The molecule has 1 heterocycles. The molecule has 1 atom stereocenters. The van der Waals surface area contributed by atoms with E-state index in [0.29, 0.717) is 24.5 Å². The molecule has 0 aliphatic carbocycles. The number of urea groups is 1. The normalized spacial score (nSPS) is 18.3. The van der Waals surface area contributed by atoms with E-state index in [1.165, 1.54) is 0 Å². The van der Waals surface area contributed by atoms with Crippen molar-refractivity contribution >= 4 is 17.6 Å². The van der Waals surface area contributed by atoms with E-state index in [4.69, 9.17) is 15.9 Å². The molecule has 1 fully saturated rings. The molecule has 0 spiro atoms. The van der Waals surface area contributed by atoms with Crippen LogP contribution < -0.4 is 16.4 Å². The van der Waals surface area contributed by atoms with E-state index in [-0.39, 0.29) is 17.9 Å². The summed E-state index contributed by atoms with van der Waals surface area (Å²) in [7, 11) is 0. The Balaban J connectivity index is 2.00. The number of hydrogen-bond donors (Lipinski definition) is 4. The number of amidine groups is 1. The van der Waals surface area contributed by atoms with Crippen LogP contribution in [0.5, 0.6) is 0 Å². The topological polar surface area (TPSA) is 100 Å². The Bertz CT molecular complexity index is 455. The number of nitrogens with one attached hydrogen (secondary N) is 3. The molecule has 1 aromatic rings. The van der Waals surface area contributed by atoms with Crippen molar-refractivity contribution in [1.29, 1.82) is 5.41 Å². The molecule has 2 amide bonds. The van der Waals surface area contributed by atoms with E-state index >= 15 is 0 Å². The lowest BCUT2D eigenvalue weighted by atomic mass is 10.1. The Morgan fingerprint density at radius 2 is 2.22 bits per heavy atom. The fraction of sp³-hybridized carbons (Fsp3) is 0.333. The molecule has 0 bridgehead atoms.